The fourth-order valence-electron chi connectivity index (χ4n) is 2.35. The quantitative estimate of drug-likeness (QED) is 0.905. The molecule has 2 nitrogen and oxygen atoms in total. The van der Waals surface area contributed by atoms with Crippen molar-refractivity contribution in [2.24, 2.45) is 0 Å². The molecule has 0 bridgehead atoms. The normalized spacial score (nSPS) is 12.9. The van der Waals surface area contributed by atoms with Gasteiger partial charge in [0.1, 0.15) is 5.75 Å². The van der Waals surface area contributed by atoms with Gasteiger partial charge < -0.3 is 10.1 Å². The second-order valence-electron chi connectivity index (χ2n) is 4.81. The van der Waals surface area contributed by atoms with E-state index in [1.807, 2.05) is 19.1 Å². The molecule has 1 aliphatic rings. The first kappa shape index (κ1) is 12.4. The maximum absolute atomic E-state index is 6.12. The van der Waals surface area contributed by atoms with Gasteiger partial charge in [0.25, 0.3) is 0 Å². The van der Waals surface area contributed by atoms with E-state index in [0.29, 0.717) is 0 Å². The van der Waals surface area contributed by atoms with E-state index in [0.717, 1.165) is 41.6 Å². The zero-order valence-electron chi connectivity index (χ0n) is 10.9. The van der Waals surface area contributed by atoms with Gasteiger partial charge in [-0.05, 0) is 41.8 Å². The highest BCUT2D eigenvalue weighted by Gasteiger charge is 2.11. The third kappa shape index (κ3) is 2.54. The van der Waals surface area contributed by atoms with Gasteiger partial charge in [-0.2, -0.15) is 0 Å². The summed E-state index contributed by atoms with van der Waals surface area (Å²) >= 11 is 6.12. The van der Waals surface area contributed by atoms with Crippen molar-refractivity contribution < 1.29 is 4.74 Å². The Morgan fingerprint density at radius 3 is 3.05 bits per heavy atom. The van der Waals surface area contributed by atoms with Crippen molar-refractivity contribution in [3.63, 3.8) is 0 Å². The third-order valence-electron chi connectivity index (χ3n) is 3.50. The van der Waals surface area contributed by atoms with Crippen LogP contribution in [0.25, 0.3) is 0 Å². The van der Waals surface area contributed by atoms with Gasteiger partial charge in [-0.25, -0.2) is 0 Å². The Balaban J connectivity index is 1.74. The van der Waals surface area contributed by atoms with Crippen molar-refractivity contribution in [2.45, 2.75) is 19.9 Å². The molecule has 0 fully saturated rings. The van der Waals surface area contributed by atoms with Gasteiger partial charge in [0.15, 0.2) is 0 Å². The van der Waals surface area contributed by atoms with Crippen LogP contribution in [0.5, 0.6) is 5.75 Å². The Morgan fingerprint density at radius 1 is 1.26 bits per heavy atom. The maximum atomic E-state index is 6.12. The van der Waals surface area contributed by atoms with Crippen LogP contribution in [0.4, 0.5) is 5.69 Å². The Bertz CT molecular complexity index is 610. The molecular formula is C16H16ClNO. The molecule has 3 rings (SSSR count). The Morgan fingerprint density at radius 2 is 2.16 bits per heavy atom. The number of anilines is 1. The average molecular weight is 274 g/mol. The zero-order chi connectivity index (χ0) is 13.2. The summed E-state index contributed by atoms with van der Waals surface area (Å²) in [6, 6.07) is 12.3. The van der Waals surface area contributed by atoms with Crippen LogP contribution < -0.4 is 10.1 Å². The number of rotatable bonds is 3. The molecule has 0 unspecified atom stereocenters. The summed E-state index contributed by atoms with van der Waals surface area (Å²) < 4.78 is 5.51. The predicted octanol–water partition coefficient (Wildman–Crippen LogP) is 4.20. The van der Waals surface area contributed by atoms with E-state index in [9.17, 15) is 0 Å². The van der Waals surface area contributed by atoms with Crippen molar-refractivity contribution in [3.8, 4) is 5.75 Å². The molecule has 2 aromatic carbocycles. The van der Waals surface area contributed by atoms with Gasteiger partial charge in [-0.15, -0.1) is 0 Å². The summed E-state index contributed by atoms with van der Waals surface area (Å²) in [6.07, 6.45) is 1.01. The first-order valence-corrected chi connectivity index (χ1v) is 6.85. The van der Waals surface area contributed by atoms with Crippen molar-refractivity contribution in [1.29, 1.82) is 0 Å². The van der Waals surface area contributed by atoms with Gasteiger partial charge in [0.2, 0.25) is 0 Å². The van der Waals surface area contributed by atoms with E-state index in [2.05, 4.69) is 29.6 Å². The molecule has 19 heavy (non-hydrogen) atoms. The van der Waals surface area contributed by atoms with Crippen LogP contribution in [0.1, 0.15) is 16.7 Å². The number of halogens is 1. The molecule has 0 radical (unpaired) electrons. The summed E-state index contributed by atoms with van der Waals surface area (Å²) in [5.41, 5.74) is 4.75. The van der Waals surface area contributed by atoms with Gasteiger partial charge in [-0.1, -0.05) is 29.8 Å². The molecule has 0 saturated heterocycles. The minimum absolute atomic E-state index is 0.798. The molecule has 0 spiro atoms. The molecule has 98 valence electrons. The lowest BCUT2D eigenvalue weighted by Crippen LogP contribution is -2.01. The molecule has 1 aliphatic heterocycles. The highest BCUT2D eigenvalue weighted by molar-refractivity contribution is 6.31. The Labute approximate surface area is 118 Å². The number of benzene rings is 2. The highest BCUT2D eigenvalue weighted by atomic mass is 35.5. The van der Waals surface area contributed by atoms with Gasteiger partial charge >= 0.3 is 0 Å². The van der Waals surface area contributed by atoms with Crippen molar-refractivity contribution in [3.05, 3.63) is 58.1 Å². The second-order valence-corrected chi connectivity index (χ2v) is 5.21. The fraction of sp³-hybridized carbons (Fsp3) is 0.250. The average Bonchev–Trinajstić information content (AvgIpc) is 2.88. The number of hydrogen-bond acceptors (Lipinski definition) is 2. The van der Waals surface area contributed by atoms with E-state index in [4.69, 9.17) is 16.3 Å². The van der Waals surface area contributed by atoms with Crippen LogP contribution in [-0.2, 0) is 13.0 Å². The second kappa shape index (κ2) is 5.14. The van der Waals surface area contributed by atoms with E-state index >= 15 is 0 Å². The summed E-state index contributed by atoms with van der Waals surface area (Å²) in [4.78, 5) is 0. The van der Waals surface area contributed by atoms with E-state index in [1.165, 1.54) is 11.1 Å². The molecule has 0 amide bonds. The Kier molecular flexibility index (Phi) is 3.34. The van der Waals surface area contributed by atoms with Gasteiger partial charge in [-0.3, -0.25) is 0 Å². The molecule has 0 atom stereocenters. The first-order valence-electron chi connectivity index (χ1n) is 6.47. The van der Waals surface area contributed by atoms with Gasteiger partial charge in [0.05, 0.1) is 6.61 Å². The lowest BCUT2D eigenvalue weighted by atomic mass is 10.1. The summed E-state index contributed by atoms with van der Waals surface area (Å²) in [6.45, 7) is 3.63. The zero-order valence-corrected chi connectivity index (χ0v) is 11.6. The molecular weight excluding hydrogens is 258 g/mol. The largest absolute Gasteiger partial charge is 0.493 e. The summed E-state index contributed by atoms with van der Waals surface area (Å²) in [7, 11) is 0. The topological polar surface area (TPSA) is 21.3 Å². The summed E-state index contributed by atoms with van der Waals surface area (Å²) in [5.74, 6) is 1.03. The highest BCUT2D eigenvalue weighted by Crippen LogP contribution is 2.27. The maximum Gasteiger partial charge on any atom is 0.122 e. The number of nitrogens with one attached hydrogen (secondary N) is 1. The van der Waals surface area contributed by atoms with E-state index in [-0.39, 0.29) is 0 Å². The number of fused-ring (bicyclic) bond motifs is 1. The number of ether oxygens (including phenoxy) is 1. The minimum Gasteiger partial charge on any atom is -0.493 e. The molecule has 1 N–H and O–H groups in total. The standard InChI is InChI=1S/C16H16ClNO/c1-11-14(17)3-2-4-15(11)18-10-12-5-6-16-13(9-12)7-8-19-16/h2-6,9,18H,7-8,10H2,1H3. The molecule has 0 saturated carbocycles. The van der Waals surface area contributed by atoms with Crippen LogP contribution in [-0.4, -0.2) is 6.61 Å². The molecule has 1 heterocycles. The lowest BCUT2D eigenvalue weighted by Gasteiger charge is -2.11. The molecule has 0 aromatic heterocycles. The van der Waals surface area contributed by atoms with E-state index in [1.54, 1.807) is 0 Å². The molecule has 2 aromatic rings. The van der Waals surface area contributed by atoms with Crippen molar-refractivity contribution >= 4 is 17.3 Å². The Hall–Kier alpha value is -1.67. The minimum atomic E-state index is 0.798. The van der Waals surface area contributed by atoms with Crippen LogP contribution in [0.15, 0.2) is 36.4 Å². The smallest absolute Gasteiger partial charge is 0.122 e. The first-order chi connectivity index (χ1) is 9.24. The summed E-state index contributed by atoms with van der Waals surface area (Å²) in [5, 5.41) is 4.23. The number of hydrogen-bond donors (Lipinski definition) is 1. The van der Waals surface area contributed by atoms with Crippen LogP contribution in [0.3, 0.4) is 0 Å². The van der Waals surface area contributed by atoms with Crippen molar-refractivity contribution in [1.82, 2.24) is 0 Å². The van der Waals surface area contributed by atoms with Crippen molar-refractivity contribution in [2.75, 3.05) is 11.9 Å². The predicted molar refractivity (Wildman–Crippen MR) is 79.2 cm³/mol. The fourth-order valence-corrected chi connectivity index (χ4v) is 2.52. The van der Waals surface area contributed by atoms with Crippen LogP contribution >= 0.6 is 11.6 Å². The SMILES string of the molecule is Cc1c(Cl)cccc1NCc1ccc2c(c1)CCO2. The van der Waals surface area contributed by atoms with Crippen LogP contribution in [0, 0.1) is 6.92 Å². The van der Waals surface area contributed by atoms with Crippen LogP contribution in [0.2, 0.25) is 5.02 Å². The monoisotopic (exact) mass is 273 g/mol. The van der Waals surface area contributed by atoms with Gasteiger partial charge in [0, 0.05) is 23.7 Å². The molecule has 3 heteroatoms. The third-order valence-corrected chi connectivity index (χ3v) is 3.91. The molecule has 0 aliphatic carbocycles. The van der Waals surface area contributed by atoms with E-state index < -0.39 is 0 Å². The lowest BCUT2D eigenvalue weighted by molar-refractivity contribution is 0.357.